The lowest BCUT2D eigenvalue weighted by molar-refractivity contribution is -0.149. The Balaban J connectivity index is 3.14. The fraction of sp³-hybridized carbons (Fsp3) is 0.462. The third-order valence-electron chi connectivity index (χ3n) is 2.90. The van der Waals surface area contributed by atoms with Crippen LogP contribution in [0.5, 0.6) is 0 Å². The van der Waals surface area contributed by atoms with Crippen molar-refractivity contribution in [1.82, 2.24) is 0 Å². The van der Waals surface area contributed by atoms with Crippen LogP contribution in [0, 0.1) is 0 Å². The average molecular weight is 285 g/mol. The van der Waals surface area contributed by atoms with Crippen LogP contribution < -0.4 is 0 Å². The van der Waals surface area contributed by atoms with Gasteiger partial charge in [0.1, 0.15) is 0 Å². The summed E-state index contributed by atoms with van der Waals surface area (Å²) in [5.74, 6) is -0.163. The largest absolute Gasteiger partial charge is 0.465 e. The molecule has 0 aliphatic rings. The molecule has 0 amide bonds. The smallest absolute Gasteiger partial charge is 0.316 e. The molecule has 3 heteroatoms. The van der Waals surface area contributed by atoms with Gasteiger partial charge in [-0.3, -0.25) is 4.79 Å². The lowest BCUT2D eigenvalue weighted by Crippen LogP contribution is -2.34. The molecule has 0 aromatic heterocycles. The van der Waals surface area contributed by atoms with Gasteiger partial charge in [-0.1, -0.05) is 41.1 Å². The molecule has 0 fully saturated rings. The van der Waals surface area contributed by atoms with Crippen LogP contribution in [-0.4, -0.2) is 12.6 Å². The van der Waals surface area contributed by atoms with E-state index in [1.165, 1.54) is 0 Å². The van der Waals surface area contributed by atoms with Crippen molar-refractivity contribution in [3.05, 3.63) is 34.3 Å². The second-order valence-electron chi connectivity index (χ2n) is 3.89. The second kappa shape index (κ2) is 5.48. The van der Waals surface area contributed by atoms with Crippen LogP contribution in [-0.2, 0) is 14.9 Å². The molecule has 1 atom stereocenters. The third-order valence-corrected chi connectivity index (χ3v) is 3.59. The van der Waals surface area contributed by atoms with Gasteiger partial charge in [-0.25, -0.2) is 0 Å². The number of halogens is 1. The Morgan fingerprint density at radius 3 is 2.50 bits per heavy atom. The van der Waals surface area contributed by atoms with E-state index in [2.05, 4.69) is 15.9 Å². The van der Waals surface area contributed by atoms with Crippen molar-refractivity contribution < 1.29 is 9.53 Å². The van der Waals surface area contributed by atoms with Gasteiger partial charge in [0.15, 0.2) is 0 Å². The fourth-order valence-corrected chi connectivity index (χ4v) is 2.37. The zero-order valence-corrected chi connectivity index (χ0v) is 11.5. The molecule has 0 N–H and O–H groups in total. The van der Waals surface area contributed by atoms with Crippen molar-refractivity contribution in [2.75, 3.05) is 6.61 Å². The first-order valence-electron chi connectivity index (χ1n) is 5.48. The van der Waals surface area contributed by atoms with E-state index < -0.39 is 5.41 Å². The van der Waals surface area contributed by atoms with E-state index in [-0.39, 0.29) is 5.97 Å². The number of esters is 1. The second-order valence-corrected chi connectivity index (χ2v) is 4.74. The molecule has 0 radical (unpaired) electrons. The minimum absolute atomic E-state index is 0.163. The zero-order valence-electron chi connectivity index (χ0n) is 9.92. The van der Waals surface area contributed by atoms with Crippen LogP contribution in [0.25, 0.3) is 0 Å². The lowest BCUT2D eigenvalue weighted by Gasteiger charge is -2.27. The highest BCUT2D eigenvalue weighted by molar-refractivity contribution is 9.10. The highest BCUT2D eigenvalue weighted by Crippen LogP contribution is 2.34. The van der Waals surface area contributed by atoms with Gasteiger partial charge in [0.05, 0.1) is 12.0 Å². The number of carbonyl (C=O) groups is 1. The lowest BCUT2D eigenvalue weighted by atomic mass is 9.80. The molecule has 88 valence electrons. The van der Waals surface area contributed by atoms with Crippen LogP contribution in [0.4, 0.5) is 0 Å². The Hall–Kier alpha value is -0.830. The quantitative estimate of drug-likeness (QED) is 0.789. The van der Waals surface area contributed by atoms with Crippen LogP contribution in [0.3, 0.4) is 0 Å². The monoisotopic (exact) mass is 284 g/mol. The zero-order chi connectivity index (χ0) is 12.2. The van der Waals surface area contributed by atoms with Gasteiger partial charge >= 0.3 is 5.97 Å². The van der Waals surface area contributed by atoms with Gasteiger partial charge in [0, 0.05) is 4.47 Å². The molecule has 1 rings (SSSR count). The average Bonchev–Trinajstić information content (AvgIpc) is 2.29. The van der Waals surface area contributed by atoms with Crippen molar-refractivity contribution in [2.24, 2.45) is 0 Å². The summed E-state index contributed by atoms with van der Waals surface area (Å²) in [6, 6.07) is 7.79. The molecule has 1 unspecified atom stereocenters. The Kier molecular flexibility index (Phi) is 4.54. The molecule has 0 spiro atoms. The van der Waals surface area contributed by atoms with Gasteiger partial charge < -0.3 is 4.74 Å². The summed E-state index contributed by atoms with van der Waals surface area (Å²) < 4.78 is 6.10. The summed E-state index contributed by atoms with van der Waals surface area (Å²) in [6.07, 6.45) is 0.717. The summed E-state index contributed by atoms with van der Waals surface area (Å²) >= 11 is 3.48. The van der Waals surface area contributed by atoms with Crippen LogP contribution in [0.15, 0.2) is 28.7 Å². The minimum Gasteiger partial charge on any atom is -0.465 e. The number of hydrogen-bond acceptors (Lipinski definition) is 2. The molecule has 0 aliphatic heterocycles. The number of hydrogen-bond donors (Lipinski definition) is 0. The number of benzene rings is 1. The van der Waals surface area contributed by atoms with E-state index in [4.69, 9.17) is 4.74 Å². The topological polar surface area (TPSA) is 26.3 Å². The van der Waals surface area contributed by atoms with Crippen molar-refractivity contribution in [3.8, 4) is 0 Å². The standard InChI is InChI=1S/C13H17BrO2/c1-4-13(3,12(15)16-5-2)10-8-6-7-9-11(10)14/h6-9H,4-5H2,1-3H3. The fourth-order valence-electron chi connectivity index (χ4n) is 1.64. The molecular weight excluding hydrogens is 268 g/mol. The Morgan fingerprint density at radius 1 is 1.38 bits per heavy atom. The van der Waals surface area contributed by atoms with Crippen molar-refractivity contribution in [1.29, 1.82) is 0 Å². The predicted molar refractivity (Wildman–Crippen MR) is 68.4 cm³/mol. The van der Waals surface area contributed by atoms with E-state index in [0.29, 0.717) is 13.0 Å². The van der Waals surface area contributed by atoms with Crippen LogP contribution in [0.1, 0.15) is 32.8 Å². The van der Waals surface area contributed by atoms with Crippen LogP contribution in [0.2, 0.25) is 0 Å². The maximum atomic E-state index is 12.0. The summed E-state index contributed by atoms with van der Waals surface area (Å²) in [4.78, 5) is 12.0. The normalized spacial score (nSPS) is 14.2. The molecule has 0 heterocycles. The highest BCUT2D eigenvalue weighted by atomic mass is 79.9. The van der Waals surface area contributed by atoms with Crippen molar-refractivity contribution in [2.45, 2.75) is 32.6 Å². The van der Waals surface area contributed by atoms with Crippen LogP contribution >= 0.6 is 15.9 Å². The highest BCUT2D eigenvalue weighted by Gasteiger charge is 2.36. The molecular formula is C13H17BrO2. The molecule has 2 nitrogen and oxygen atoms in total. The van der Waals surface area contributed by atoms with Gasteiger partial charge in [0.2, 0.25) is 0 Å². The van der Waals surface area contributed by atoms with Crippen molar-refractivity contribution in [3.63, 3.8) is 0 Å². The van der Waals surface area contributed by atoms with Gasteiger partial charge in [-0.2, -0.15) is 0 Å². The summed E-state index contributed by atoms with van der Waals surface area (Å²) in [5.41, 5.74) is 0.409. The summed E-state index contributed by atoms with van der Waals surface area (Å²) in [7, 11) is 0. The Bertz CT molecular complexity index is 376. The summed E-state index contributed by atoms with van der Waals surface area (Å²) in [5, 5.41) is 0. The van der Waals surface area contributed by atoms with E-state index in [0.717, 1.165) is 10.0 Å². The molecule has 0 bridgehead atoms. The maximum Gasteiger partial charge on any atom is 0.316 e. The molecule has 16 heavy (non-hydrogen) atoms. The van der Waals surface area contributed by atoms with Crippen molar-refractivity contribution >= 4 is 21.9 Å². The van der Waals surface area contributed by atoms with Gasteiger partial charge in [-0.05, 0) is 31.9 Å². The number of ether oxygens (including phenoxy) is 1. The number of carbonyl (C=O) groups excluding carboxylic acids is 1. The molecule has 1 aromatic carbocycles. The Morgan fingerprint density at radius 2 is 2.00 bits per heavy atom. The molecule has 1 aromatic rings. The number of rotatable bonds is 4. The summed E-state index contributed by atoms with van der Waals surface area (Å²) in [6.45, 7) is 6.16. The minimum atomic E-state index is -0.573. The van der Waals surface area contributed by atoms with E-state index in [1.54, 1.807) is 0 Å². The first-order chi connectivity index (χ1) is 7.56. The van der Waals surface area contributed by atoms with Gasteiger partial charge in [0.25, 0.3) is 0 Å². The molecule has 0 aliphatic carbocycles. The first kappa shape index (κ1) is 13.2. The van der Waals surface area contributed by atoms with E-state index in [9.17, 15) is 4.79 Å². The predicted octanol–water partition coefficient (Wildman–Crippen LogP) is 3.68. The molecule has 0 saturated heterocycles. The maximum absolute atomic E-state index is 12.0. The SMILES string of the molecule is CCOC(=O)C(C)(CC)c1ccccc1Br. The third kappa shape index (κ3) is 2.46. The molecule has 0 saturated carbocycles. The first-order valence-corrected chi connectivity index (χ1v) is 6.27. The Labute approximate surface area is 105 Å². The van der Waals surface area contributed by atoms with E-state index >= 15 is 0 Å². The van der Waals surface area contributed by atoms with Gasteiger partial charge in [-0.15, -0.1) is 0 Å². The van der Waals surface area contributed by atoms with E-state index in [1.807, 2.05) is 45.0 Å².